The van der Waals surface area contributed by atoms with E-state index in [1.54, 1.807) is 12.1 Å². The Bertz CT molecular complexity index is 411. The number of rotatable bonds is 5. The number of ether oxygens (including phenoxy) is 1. The Labute approximate surface area is 118 Å². The van der Waals surface area contributed by atoms with E-state index in [4.69, 9.17) is 4.74 Å². The maximum atomic E-state index is 12.1. The number of hydrogen-bond acceptors (Lipinski definition) is 3. The van der Waals surface area contributed by atoms with Gasteiger partial charge in [-0.1, -0.05) is 12.1 Å². The standard InChI is InChI=1S/C15H22F2N2O/c1-11-8-19(12(2)7-18-11)9-13-3-5-14(6-4-13)20-10-15(16)17/h3-6,11-12,15,18H,7-10H2,1-2H3. The summed E-state index contributed by atoms with van der Waals surface area (Å²) in [6.45, 7) is 6.73. The molecular formula is C15H22F2N2O. The zero-order valence-electron chi connectivity index (χ0n) is 12.0. The van der Waals surface area contributed by atoms with E-state index in [1.165, 1.54) is 5.56 Å². The lowest BCUT2D eigenvalue weighted by Gasteiger charge is -2.37. The molecule has 2 unspecified atom stereocenters. The number of piperazine rings is 1. The van der Waals surface area contributed by atoms with Crippen LogP contribution in [0.25, 0.3) is 0 Å². The van der Waals surface area contributed by atoms with Crippen molar-refractivity contribution in [1.82, 2.24) is 10.2 Å². The SMILES string of the molecule is CC1CN(Cc2ccc(OCC(F)F)cc2)C(C)CN1. The van der Waals surface area contributed by atoms with Crippen LogP contribution < -0.4 is 10.1 Å². The summed E-state index contributed by atoms with van der Waals surface area (Å²) in [6.07, 6.45) is -2.43. The lowest BCUT2D eigenvalue weighted by molar-refractivity contribution is 0.0818. The van der Waals surface area contributed by atoms with Crippen LogP contribution in [0.5, 0.6) is 5.75 Å². The minimum atomic E-state index is -2.43. The van der Waals surface area contributed by atoms with Gasteiger partial charge in [0.2, 0.25) is 0 Å². The molecule has 2 atom stereocenters. The minimum Gasteiger partial charge on any atom is -0.488 e. The first-order valence-electron chi connectivity index (χ1n) is 7.02. The fraction of sp³-hybridized carbons (Fsp3) is 0.600. The van der Waals surface area contributed by atoms with Gasteiger partial charge in [-0.15, -0.1) is 0 Å². The van der Waals surface area contributed by atoms with Gasteiger partial charge in [0.05, 0.1) is 0 Å². The van der Waals surface area contributed by atoms with Gasteiger partial charge in [-0.2, -0.15) is 0 Å². The first-order valence-corrected chi connectivity index (χ1v) is 7.02. The molecule has 0 aliphatic carbocycles. The van der Waals surface area contributed by atoms with E-state index < -0.39 is 13.0 Å². The van der Waals surface area contributed by atoms with Crippen LogP contribution in [0, 0.1) is 0 Å². The fourth-order valence-electron chi connectivity index (χ4n) is 2.40. The summed E-state index contributed by atoms with van der Waals surface area (Å²) < 4.78 is 29.1. The molecule has 0 radical (unpaired) electrons. The Morgan fingerprint density at radius 1 is 1.30 bits per heavy atom. The topological polar surface area (TPSA) is 24.5 Å². The second kappa shape index (κ2) is 6.99. The van der Waals surface area contributed by atoms with Crippen molar-refractivity contribution in [1.29, 1.82) is 0 Å². The molecule has 0 spiro atoms. The van der Waals surface area contributed by atoms with E-state index in [0.29, 0.717) is 17.8 Å². The van der Waals surface area contributed by atoms with Crippen LogP contribution in [-0.4, -0.2) is 43.1 Å². The molecule has 112 valence electrons. The summed E-state index contributed by atoms with van der Waals surface area (Å²) in [7, 11) is 0. The Kier molecular flexibility index (Phi) is 5.31. The van der Waals surface area contributed by atoms with Crippen molar-refractivity contribution in [2.45, 2.75) is 38.9 Å². The van der Waals surface area contributed by atoms with Crippen LogP contribution in [0.4, 0.5) is 8.78 Å². The van der Waals surface area contributed by atoms with Crippen LogP contribution in [0.15, 0.2) is 24.3 Å². The predicted molar refractivity (Wildman–Crippen MR) is 75.3 cm³/mol. The highest BCUT2D eigenvalue weighted by Gasteiger charge is 2.22. The second-order valence-electron chi connectivity index (χ2n) is 5.43. The molecule has 2 rings (SSSR count). The van der Waals surface area contributed by atoms with Crippen LogP contribution in [0.3, 0.4) is 0 Å². The quantitative estimate of drug-likeness (QED) is 0.899. The van der Waals surface area contributed by atoms with Gasteiger partial charge in [-0.25, -0.2) is 8.78 Å². The summed E-state index contributed by atoms with van der Waals surface area (Å²) >= 11 is 0. The molecular weight excluding hydrogens is 262 g/mol. The summed E-state index contributed by atoms with van der Waals surface area (Å²) in [6, 6.07) is 8.41. The molecule has 3 nitrogen and oxygen atoms in total. The Morgan fingerprint density at radius 3 is 2.65 bits per heavy atom. The zero-order valence-corrected chi connectivity index (χ0v) is 12.0. The van der Waals surface area contributed by atoms with Gasteiger partial charge in [0.15, 0.2) is 0 Å². The maximum Gasteiger partial charge on any atom is 0.272 e. The van der Waals surface area contributed by atoms with Gasteiger partial charge in [0.25, 0.3) is 6.43 Å². The van der Waals surface area contributed by atoms with Gasteiger partial charge in [0.1, 0.15) is 12.4 Å². The highest BCUT2D eigenvalue weighted by Crippen LogP contribution is 2.16. The predicted octanol–water partition coefficient (Wildman–Crippen LogP) is 2.51. The van der Waals surface area contributed by atoms with Gasteiger partial charge in [-0.3, -0.25) is 4.90 Å². The molecule has 5 heteroatoms. The van der Waals surface area contributed by atoms with E-state index in [2.05, 4.69) is 24.1 Å². The summed E-state index contributed by atoms with van der Waals surface area (Å²) in [4.78, 5) is 2.43. The van der Waals surface area contributed by atoms with Crippen molar-refractivity contribution in [3.63, 3.8) is 0 Å². The van der Waals surface area contributed by atoms with E-state index in [1.807, 2.05) is 12.1 Å². The van der Waals surface area contributed by atoms with E-state index in [-0.39, 0.29) is 0 Å². The molecule has 1 aromatic carbocycles. The van der Waals surface area contributed by atoms with E-state index in [9.17, 15) is 8.78 Å². The Hall–Kier alpha value is -1.20. The van der Waals surface area contributed by atoms with Crippen molar-refractivity contribution in [3.05, 3.63) is 29.8 Å². The summed E-state index contributed by atoms with van der Waals surface area (Å²) in [5.41, 5.74) is 1.18. The molecule has 1 aliphatic heterocycles. The van der Waals surface area contributed by atoms with Crippen LogP contribution >= 0.6 is 0 Å². The summed E-state index contributed by atoms with van der Waals surface area (Å²) in [5.74, 6) is 0.496. The minimum absolute atomic E-state index is 0.496. The summed E-state index contributed by atoms with van der Waals surface area (Å²) in [5, 5.41) is 3.45. The van der Waals surface area contributed by atoms with E-state index in [0.717, 1.165) is 19.6 Å². The fourth-order valence-corrected chi connectivity index (χ4v) is 2.40. The van der Waals surface area contributed by atoms with E-state index >= 15 is 0 Å². The zero-order chi connectivity index (χ0) is 14.5. The number of benzene rings is 1. The van der Waals surface area contributed by atoms with Gasteiger partial charge in [-0.05, 0) is 31.5 Å². The van der Waals surface area contributed by atoms with Crippen LogP contribution in [-0.2, 0) is 6.54 Å². The van der Waals surface area contributed by atoms with Crippen molar-refractivity contribution < 1.29 is 13.5 Å². The number of hydrogen-bond donors (Lipinski definition) is 1. The molecule has 1 aromatic rings. The normalized spacial score (nSPS) is 24.1. The largest absolute Gasteiger partial charge is 0.488 e. The Morgan fingerprint density at radius 2 is 2.00 bits per heavy atom. The third kappa shape index (κ3) is 4.42. The Balaban J connectivity index is 1.89. The van der Waals surface area contributed by atoms with Crippen molar-refractivity contribution in [3.8, 4) is 5.75 Å². The molecule has 20 heavy (non-hydrogen) atoms. The van der Waals surface area contributed by atoms with Crippen LogP contribution in [0.1, 0.15) is 19.4 Å². The number of alkyl halides is 2. The molecule has 1 heterocycles. The maximum absolute atomic E-state index is 12.1. The molecule has 0 aromatic heterocycles. The van der Waals surface area contributed by atoms with Gasteiger partial charge < -0.3 is 10.1 Å². The molecule has 0 amide bonds. The van der Waals surface area contributed by atoms with Gasteiger partial charge >= 0.3 is 0 Å². The molecule has 0 saturated carbocycles. The van der Waals surface area contributed by atoms with Crippen molar-refractivity contribution >= 4 is 0 Å². The third-order valence-corrected chi connectivity index (χ3v) is 3.58. The second-order valence-corrected chi connectivity index (χ2v) is 5.43. The lowest BCUT2D eigenvalue weighted by Crippen LogP contribution is -2.53. The smallest absolute Gasteiger partial charge is 0.272 e. The number of halogens is 2. The number of nitrogens with zero attached hydrogens (tertiary/aromatic N) is 1. The lowest BCUT2D eigenvalue weighted by atomic mass is 10.1. The molecule has 1 fully saturated rings. The molecule has 1 N–H and O–H groups in total. The first-order chi connectivity index (χ1) is 9.54. The average Bonchev–Trinajstić information content (AvgIpc) is 2.42. The average molecular weight is 284 g/mol. The van der Waals surface area contributed by atoms with Crippen LogP contribution in [0.2, 0.25) is 0 Å². The highest BCUT2D eigenvalue weighted by molar-refractivity contribution is 5.27. The molecule has 0 bridgehead atoms. The van der Waals surface area contributed by atoms with Crippen molar-refractivity contribution in [2.24, 2.45) is 0 Å². The van der Waals surface area contributed by atoms with Gasteiger partial charge in [0, 0.05) is 31.7 Å². The monoisotopic (exact) mass is 284 g/mol. The molecule has 1 saturated heterocycles. The molecule has 1 aliphatic rings. The highest BCUT2D eigenvalue weighted by atomic mass is 19.3. The number of nitrogens with one attached hydrogen (secondary N) is 1. The third-order valence-electron chi connectivity index (χ3n) is 3.58. The van der Waals surface area contributed by atoms with Crippen molar-refractivity contribution in [2.75, 3.05) is 19.7 Å². The first kappa shape index (κ1) is 15.2.